The highest BCUT2D eigenvalue weighted by atomic mass is 79.9. The second-order valence-electron chi connectivity index (χ2n) is 3.97. The van der Waals surface area contributed by atoms with Crippen molar-refractivity contribution in [2.24, 2.45) is 0 Å². The van der Waals surface area contributed by atoms with Crippen molar-refractivity contribution < 1.29 is 0 Å². The zero-order valence-electron chi connectivity index (χ0n) is 10.3. The van der Waals surface area contributed by atoms with Gasteiger partial charge in [0.15, 0.2) is 4.34 Å². The van der Waals surface area contributed by atoms with Gasteiger partial charge in [0.25, 0.3) is 0 Å². The van der Waals surface area contributed by atoms with Crippen LogP contribution in [0.2, 0.25) is 0 Å². The first-order chi connectivity index (χ1) is 8.58. The third-order valence-electron chi connectivity index (χ3n) is 2.16. The number of hydrogen-bond donors (Lipinski definition) is 0. The van der Waals surface area contributed by atoms with Gasteiger partial charge >= 0.3 is 0 Å². The minimum Gasteiger partial charge on any atom is -0.226 e. The first-order valence-electron chi connectivity index (χ1n) is 5.63. The zero-order valence-corrected chi connectivity index (χ0v) is 13.6. The Hall–Kier alpha value is -0.530. The van der Waals surface area contributed by atoms with Crippen LogP contribution in [-0.4, -0.2) is 19.3 Å². The molecule has 2 aromatic rings. The van der Waals surface area contributed by atoms with Crippen LogP contribution >= 0.6 is 39.2 Å². The molecule has 0 saturated carbocycles. The summed E-state index contributed by atoms with van der Waals surface area (Å²) in [5.41, 5.74) is 0. The van der Waals surface area contributed by atoms with Crippen LogP contribution < -0.4 is 0 Å². The first-order valence-corrected chi connectivity index (χ1v) is 8.01. The number of nitrogens with zero attached hydrogens (tertiary/aromatic N) is 4. The Morgan fingerprint density at radius 3 is 2.72 bits per heavy atom. The van der Waals surface area contributed by atoms with Crippen molar-refractivity contribution in [2.75, 3.05) is 0 Å². The highest BCUT2D eigenvalue weighted by molar-refractivity contribution is 9.10. The summed E-state index contributed by atoms with van der Waals surface area (Å²) in [5.74, 6) is 2.04. The second-order valence-corrected chi connectivity index (χ2v) is 6.81. The molecule has 0 amide bonds. The van der Waals surface area contributed by atoms with Crippen LogP contribution in [0.1, 0.15) is 38.3 Å². The number of aryl methyl sites for hydroxylation is 1. The molecule has 0 N–H and O–H groups in total. The molecule has 0 saturated heterocycles. The summed E-state index contributed by atoms with van der Waals surface area (Å²) < 4.78 is 6.00. The van der Waals surface area contributed by atoms with Gasteiger partial charge in [-0.15, -0.1) is 0 Å². The molecule has 4 nitrogen and oxygen atoms in total. The van der Waals surface area contributed by atoms with Gasteiger partial charge in [0, 0.05) is 18.4 Å². The first kappa shape index (κ1) is 13.9. The SMILES string of the molecule is CCc1nsc(Sc2cc(Br)nc(C(C)C)n2)n1. The second kappa shape index (κ2) is 6.08. The average molecular weight is 345 g/mol. The third-order valence-corrected chi connectivity index (χ3v) is 4.28. The van der Waals surface area contributed by atoms with Crippen LogP contribution in [0.4, 0.5) is 0 Å². The van der Waals surface area contributed by atoms with Gasteiger partial charge in [-0.3, -0.25) is 0 Å². The van der Waals surface area contributed by atoms with E-state index < -0.39 is 0 Å². The summed E-state index contributed by atoms with van der Waals surface area (Å²) in [6.45, 7) is 6.21. The Labute approximate surface area is 123 Å². The normalized spacial score (nSPS) is 11.2. The fraction of sp³-hybridized carbons (Fsp3) is 0.455. The van der Waals surface area contributed by atoms with E-state index in [0.717, 1.165) is 32.0 Å². The number of hydrogen-bond acceptors (Lipinski definition) is 6. The molecule has 7 heteroatoms. The molecule has 0 spiro atoms. The van der Waals surface area contributed by atoms with Gasteiger partial charge in [-0.05, 0) is 39.2 Å². The lowest BCUT2D eigenvalue weighted by molar-refractivity contribution is 0.747. The van der Waals surface area contributed by atoms with Crippen LogP contribution in [0.5, 0.6) is 0 Å². The van der Waals surface area contributed by atoms with E-state index in [-0.39, 0.29) is 0 Å². The topological polar surface area (TPSA) is 51.6 Å². The maximum absolute atomic E-state index is 4.52. The summed E-state index contributed by atoms with van der Waals surface area (Å²) in [6.07, 6.45) is 0.863. The lowest BCUT2D eigenvalue weighted by Gasteiger charge is -2.05. The van der Waals surface area contributed by atoms with E-state index in [0.29, 0.717) is 5.92 Å². The molecule has 0 aliphatic heterocycles. The minimum absolute atomic E-state index is 0.308. The molecule has 0 radical (unpaired) electrons. The molecule has 2 heterocycles. The lowest BCUT2D eigenvalue weighted by Crippen LogP contribution is -1.98. The standard InChI is InChI=1S/C11H13BrN4S2/c1-4-8-14-11(18-16-8)17-9-5-7(12)13-10(15-9)6(2)3/h5-6H,4H2,1-3H3. The minimum atomic E-state index is 0.308. The molecule has 18 heavy (non-hydrogen) atoms. The third kappa shape index (κ3) is 3.49. The van der Waals surface area contributed by atoms with Crippen molar-refractivity contribution in [1.82, 2.24) is 19.3 Å². The van der Waals surface area contributed by atoms with Crippen molar-refractivity contribution >= 4 is 39.2 Å². The summed E-state index contributed by atoms with van der Waals surface area (Å²) in [6, 6.07) is 1.91. The Balaban J connectivity index is 2.23. The van der Waals surface area contributed by atoms with Crippen molar-refractivity contribution in [2.45, 2.75) is 42.5 Å². The van der Waals surface area contributed by atoms with Crippen LogP contribution in [0.25, 0.3) is 0 Å². The number of rotatable bonds is 4. The quantitative estimate of drug-likeness (QED) is 0.786. The van der Waals surface area contributed by atoms with Gasteiger partial charge in [-0.1, -0.05) is 20.8 Å². The monoisotopic (exact) mass is 344 g/mol. The fourth-order valence-corrected chi connectivity index (χ4v) is 3.44. The molecular formula is C11H13BrN4S2. The lowest BCUT2D eigenvalue weighted by atomic mass is 10.2. The Bertz CT molecular complexity index is 542. The Morgan fingerprint density at radius 2 is 2.11 bits per heavy atom. The largest absolute Gasteiger partial charge is 0.226 e. The summed E-state index contributed by atoms with van der Waals surface area (Å²) in [4.78, 5) is 13.3. The van der Waals surface area contributed by atoms with Crippen molar-refractivity contribution in [1.29, 1.82) is 0 Å². The zero-order chi connectivity index (χ0) is 13.1. The maximum atomic E-state index is 4.52. The van der Waals surface area contributed by atoms with E-state index in [4.69, 9.17) is 0 Å². The van der Waals surface area contributed by atoms with E-state index in [2.05, 4.69) is 56.0 Å². The smallest absolute Gasteiger partial charge is 0.176 e. The van der Waals surface area contributed by atoms with Gasteiger partial charge in [0.05, 0.1) is 0 Å². The van der Waals surface area contributed by atoms with E-state index in [1.165, 1.54) is 23.3 Å². The molecule has 2 rings (SSSR count). The van der Waals surface area contributed by atoms with Crippen molar-refractivity contribution in [3.8, 4) is 0 Å². The summed E-state index contributed by atoms with van der Waals surface area (Å²) in [5, 5.41) is 0.902. The summed E-state index contributed by atoms with van der Waals surface area (Å²) in [7, 11) is 0. The predicted octanol–water partition coefficient (Wildman–Crippen LogP) is 3.93. The van der Waals surface area contributed by atoms with Crippen LogP contribution in [0.15, 0.2) is 20.0 Å². The van der Waals surface area contributed by atoms with E-state index >= 15 is 0 Å². The Morgan fingerprint density at radius 1 is 1.33 bits per heavy atom. The van der Waals surface area contributed by atoms with Crippen molar-refractivity contribution in [3.05, 3.63) is 22.3 Å². The molecule has 0 bridgehead atoms. The average Bonchev–Trinajstić information content (AvgIpc) is 2.76. The predicted molar refractivity (Wildman–Crippen MR) is 77.2 cm³/mol. The molecule has 2 aromatic heterocycles. The van der Waals surface area contributed by atoms with Crippen LogP contribution in [0, 0.1) is 0 Å². The van der Waals surface area contributed by atoms with E-state index in [9.17, 15) is 0 Å². The van der Waals surface area contributed by atoms with Crippen LogP contribution in [-0.2, 0) is 6.42 Å². The molecular weight excluding hydrogens is 332 g/mol. The van der Waals surface area contributed by atoms with Gasteiger partial charge in [0.2, 0.25) is 0 Å². The Kier molecular flexibility index (Phi) is 4.69. The molecule has 0 aromatic carbocycles. The van der Waals surface area contributed by atoms with Gasteiger partial charge < -0.3 is 0 Å². The maximum Gasteiger partial charge on any atom is 0.176 e. The van der Waals surface area contributed by atoms with Gasteiger partial charge in [-0.25, -0.2) is 15.0 Å². The number of halogens is 1. The molecule has 96 valence electrons. The molecule has 0 aliphatic carbocycles. The van der Waals surface area contributed by atoms with E-state index in [1.54, 1.807) is 0 Å². The van der Waals surface area contributed by atoms with Crippen LogP contribution in [0.3, 0.4) is 0 Å². The number of aromatic nitrogens is 4. The fourth-order valence-electron chi connectivity index (χ4n) is 1.24. The molecule has 0 atom stereocenters. The van der Waals surface area contributed by atoms with Gasteiger partial charge in [-0.2, -0.15) is 4.37 Å². The highest BCUT2D eigenvalue weighted by Crippen LogP contribution is 2.29. The molecule has 0 aliphatic rings. The van der Waals surface area contributed by atoms with Gasteiger partial charge in [0.1, 0.15) is 21.3 Å². The molecule has 0 unspecified atom stereocenters. The van der Waals surface area contributed by atoms with Crippen molar-refractivity contribution in [3.63, 3.8) is 0 Å². The highest BCUT2D eigenvalue weighted by Gasteiger charge is 2.10. The molecule has 0 fully saturated rings. The van der Waals surface area contributed by atoms with E-state index in [1.807, 2.05) is 6.07 Å². The summed E-state index contributed by atoms with van der Waals surface area (Å²) >= 11 is 6.37.